The second kappa shape index (κ2) is 7.97. The summed E-state index contributed by atoms with van der Waals surface area (Å²) in [5.41, 5.74) is 1.50. The van der Waals surface area contributed by atoms with E-state index in [1.54, 1.807) is 23.0 Å². The third-order valence-corrected chi connectivity index (χ3v) is 3.25. The Morgan fingerprint density at radius 1 is 1.14 bits per heavy atom. The van der Waals surface area contributed by atoms with E-state index in [1.165, 1.54) is 0 Å². The molecule has 0 atom stereocenters. The average molecular weight is 301 g/mol. The van der Waals surface area contributed by atoms with Crippen molar-refractivity contribution in [3.63, 3.8) is 0 Å². The van der Waals surface area contributed by atoms with Crippen molar-refractivity contribution in [2.24, 2.45) is 0 Å². The number of carbonyl (C=O) groups is 2. The monoisotopic (exact) mass is 301 g/mol. The number of carboxylic acids is 1. The van der Waals surface area contributed by atoms with Crippen molar-refractivity contribution >= 4 is 11.9 Å². The van der Waals surface area contributed by atoms with E-state index < -0.39 is 5.97 Å². The molecule has 0 aliphatic rings. The van der Waals surface area contributed by atoms with Gasteiger partial charge in [0.05, 0.1) is 5.69 Å². The lowest BCUT2D eigenvalue weighted by atomic mass is 10.1. The van der Waals surface area contributed by atoms with Crippen molar-refractivity contribution in [3.05, 3.63) is 48.3 Å². The molecule has 0 aliphatic heterocycles. The van der Waals surface area contributed by atoms with Gasteiger partial charge in [-0.2, -0.15) is 5.10 Å². The minimum absolute atomic E-state index is 0.120. The minimum Gasteiger partial charge on any atom is -0.481 e. The van der Waals surface area contributed by atoms with Crippen LogP contribution in [0.3, 0.4) is 0 Å². The molecule has 0 spiro atoms. The molecule has 0 bridgehead atoms. The topological polar surface area (TPSA) is 84.2 Å². The number of unbranched alkanes of at least 4 members (excludes halogenated alkanes) is 2. The molecule has 0 aliphatic carbocycles. The number of rotatable bonds is 8. The van der Waals surface area contributed by atoms with E-state index in [0.717, 1.165) is 18.5 Å². The molecule has 1 aromatic heterocycles. The van der Waals surface area contributed by atoms with E-state index in [9.17, 15) is 9.59 Å². The fourth-order valence-corrected chi connectivity index (χ4v) is 2.07. The Morgan fingerprint density at radius 2 is 1.91 bits per heavy atom. The molecule has 1 heterocycles. The van der Waals surface area contributed by atoms with Crippen LogP contribution in [-0.4, -0.2) is 33.3 Å². The highest BCUT2D eigenvalue weighted by Crippen LogP contribution is 2.08. The zero-order valence-corrected chi connectivity index (χ0v) is 12.2. The van der Waals surface area contributed by atoms with Gasteiger partial charge in [0.15, 0.2) is 0 Å². The smallest absolute Gasteiger partial charge is 0.303 e. The molecule has 6 heteroatoms. The van der Waals surface area contributed by atoms with Gasteiger partial charge in [0.25, 0.3) is 5.91 Å². The first-order valence-electron chi connectivity index (χ1n) is 7.27. The first-order chi connectivity index (χ1) is 10.7. The molecule has 22 heavy (non-hydrogen) atoms. The molecule has 6 nitrogen and oxygen atoms in total. The molecule has 116 valence electrons. The molecule has 0 fully saturated rings. The van der Waals surface area contributed by atoms with Crippen molar-refractivity contribution in [3.8, 4) is 5.69 Å². The summed E-state index contributed by atoms with van der Waals surface area (Å²) in [6.45, 7) is 0.555. The number of hydrogen-bond acceptors (Lipinski definition) is 3. The van der Waals surface area contributed by atoms with Gasteiger partial charge in [-0.15, -0.1) is 0 Å². The Labute approximate surface area is 128 Å². The second-order valence-corrected chi connectivity index (χ2v) is 4.96. The molecule has 1 amide bonds. The molecule has 0 unspecified atom stereocenters. The second-order valence-electron chi connectivity index (χ2n) is 4.96. The maximum Gasteiger partial charge on any atom is 0.303 e. The third kappa shape index (κ3) is 4.73. The maximum absolute atomic E-state index is 12.0. The molecule has 2 aromatic rings. The molecule has 0 radical (unpaired) electrons. The number of aliphatic carboxylic acids is 1. The van der Waals surface area contributed by atoms with Crippen LogP contribution in [0.5, 0.6) is 0 Å². The summed E-state index contributed by atoms with van der Waals surface area (Å²) in [5.74, 6) is -0.897. The van der Waals surface area contributed by atoms with Gasteiger partial charge >= 0.3 is 5.97 Å². The number of hydrogen-bond donors (Lipinski definition) is 2. The Kier molecular flexibility index (Phi) is 5.71. The molecule has 1 aromatic carbocycles. The number of carboxylic acid groups (broad SMARTS) is 1. The van der Waals surface area contributed by atoms with Crippen LogP contribution in [0.4, 0.5) is 0 Å². The maximum atomic E-state index is 12.0. The van der Waals surface area contributed by atoms with Gasteiger partial charge in [0.1, 0.15) is 0 Å². The lowest BCUT2D eigenvalue weighted by Crippen LogP contribution is -2.24. The van der Waals surface area contributed by atoms with Crippen molar-refractivity contribution in [1.29, 1.82) is 0 Å². The minimum atomic E-state index is -0.777. The Morgan fingerprint density at radius 3 is 2.55 bits per heavy atom. The Bertz CT molecular complexity index is 606. The first kappa shape index (κ1) is 15.8. The molecule has 2 N–H and O–H groups in total. The highest BCUT2D eigenvalue weighted by Gasteiger charge is 2.05. The number of benzene rings is 1. The number of nitrogens with zero attached hydrogens (tertiary/aromatic N) is 2. The third-order valence-electron chi connectivity index (χ3n) is 3.25. The molecule has 0 saturated heterocycles. The largest absolute Gasteiger partial charge is 0.481 e. The summed E-state index contributed by atoms with van der Waals surface area (Å²) in [7, 11) is 0. The van der Waals surface area contributed by atoms with Gasteiger partial charge in [-0.25, -0.2) is 4.68 Å². The SMILES string of the molecule is O=C(O)CCCCCNC(=O)c1ccc(-n2cccn2)cc1. The van der Waals surface area contributed by atoms with E-state index in [-0.39, 0.29) is 12.3 Å². The van der Waals surface area contributed by atoms with Crippen LogP contribution in [0.25, 0.3) is 5.69 Å². The standard InChI is InChI=1S/C16H19N3O3/c20-15(21)5-2-1-3-10-17-16(22)13-6-8-14(9-7-13)19-12-4-11-18-19/h4,6-9,11-12H,1-3,5,10H2,(H,17,22)(H,20,21). The number of carbonyl (C=O) groups excluding carboxylic acids is 1. The summed E-state index contributed by atoms with van der Waals surface area (Å²) in [4.78, 5) is 22.3. The van der Waals surface area contributed by atoms with Crippen molar-refractivity contribution in [1.82, 2.24) is 15.1 Å². The average Bonchev–Trinajstić information content (AvgIpc) is 3.05. The van der Waals surface area contributed by atoms with Crippen LogP contribution in [-0.2, 0) is 4.79 Å². The van der Waals surface area contributed by atoms with Gasteiger partial charge < -0.3 is 10.4 Å². The highest BCUT2D eigenvalue weighted by atomic mass is 16.4. The quantitative estimate of drug-likeness (QED) is 0.732. The Hall–Kier alpha value is -2.63. The van der Waals surface area contributed by atoms with Crippen LogP contribution in [0, 0.1) is 0 Å². The van der Waals surface area contributed by atoms with E-state index in [1.807, 2.05) is 24.4 Å². The van der Waals surface area contributed by atoms with E-state index >= 15 is 0 Å². The fraction of sp³-hybridized carbons (Fsp3) is 0.312. The van der Waals surface area contributed by atoms with Crippen LogP contribution in [0.1, 0.15) is 36.0 Å². The van der Waals surface area contributed by atoms with Crippen molar-refractivity contribution < 1.29 is 14.7 Å². The van der Waals surface area contributed by atoms with Gasteiger partial charge in [0.2, 0.25) is 0 Å². The number of aromatic nitrogens is 2. The van der Waals surface area contributed by atoms with Gasteiger partial charge in [-0.05, 0) is 43.2 Å². The van der Waals surface area contributed by atoms with Crippen molar-refractivity contribution in [2.75, 3.05) is 6.54 Å². The predicted molar refractivity (Wildman–Crippen MR) is 82.0 cm³/mol. The van der Waals surface area contributed by atoms with E-state index in [2.05, 4.69) is 10.4 Å². The summed E-state index contributed by atoms with van der Waals surface area (Å²) >= 11 is 0. The van der Waals surface area contributed by atoms with Gasteiger partial charge in [0, 0.05) is 30.9 Å². The number of nitrogens with one attached hydrogen (secondary N) is 1. The van der Waals surface area contributed by atoms with Crippen LogP contribution >= 0.6 is 0 Å². The van der Waals surface area contributed by atoms with E-state index in [4.69, 9.17) is 5.11 Å². The highest BCUT2D eigenvalue weighted by molar-refractivity contribution is 5.94. The molecule has 0 saturated carbocycles. The predicted octanol–water partition coefficient (Wildman–Crippen LogP) is 2.25. The summed E-state index contributed by atoms with van der Waals surface area (Å²) < 4.78 is 1.73. The summed E-state index contributed by atoms with van der Waals surface area (Å²) in [6.07, 6.45) is 5.94. The lowest BCUT2D eigenvalue weighted by molar-refractivity contribution is -0.137. The molecular formula is C16H19N3O3. The first-order valence-corrected chi connectivity index (χ1v) is 7.27. The Balaban J connectivity index is 1.74. The van der Waals surface area contributed by atoms with Crippen LogP contribution < -0.4 is 5.32 Å². The fourth-order valence-electron chi connectivity index (χ4n) is 2.07. The summed E-state index contributed by atoms with van der Waals surface area (Å²) in [6, 6.07) is 9.04. The summed E-state index contributed by atoms with van der Waals surface area (Å²) in [5, 5.41) is 15.5. The van der Waals surface area contributed by atoms with Gasteiger partial charge in [-0.3, -0.25) is 9.59 Å². The zero-order valence-electron chi connectivity index (χ0n) is 12.2. The van der Waals surface area contributed by atoms with Gasteiger partial charge in [-0.1, -0.05) is 6.42 Å². The number of amides is 1. The van der Waals surface area contributed by atoms with Crippen LogP contribution in [0.2, 0.25) is 0 Å². The lowest BCUT2D eigenvalue weighted by Gasteiger charge is -2.06. The zero-order chi connectivity index (χ0) is 15.8. The molecular weight excluding hydrogens is 282 g/mol. The van der Waals surface area contributed by atoms with E-state index in [0.29, 0.717) is 18.5 Å². The van der Waals surface area contributed by atoms with Crippen LogP contribution in [0.15, 0.2) is 42.7 Å². The normalized spacial score (nSPS) is 10.4. The van der Waals surface area contributed by atoms with Crippen molar-refractivity contribution in [2.45, 2.75) is 25.7 Å². The molecule has 2 rings (SSSR count).